The Morgan fingerprint density at radius 2 is 1.96 bits per heavy atom. The van der Waals surface area contributed by atoms with Gasteiger partial charge in [0.05, 0.1) is 19.9 Å². The lowest BCUT2D eigenvalue weighted by atomic mass is 10.2. The van der Waals surface area contributed by atoms with Crippen LogP contribution in [0, 0.1) is 0 Å². The first-order chi connectivity index (χ1) is 12.7. The molecule has 2 aromatic rings. The van der Waals surface area contributed by atoms with Crippen LogP contribution < -0.4 is 20.1 Å². The SMILES string of the molecule is COc1ccc(NC(=O)NC2CCN(Cc3ccccc3)C2)c(OC)c1. The van der Waals surface area contributed by atoms with Crippen molar-refractivity contribution >= 4 is 11.7 Å². The minimum Gasteiger partial charge on any atom is -0.497 e. The average molecular weight is 355 g/mol. The molecule has 1 unspecified atom stereocenters. The van der Waals surface area contributed by atoms with Gasteiger partial charge in [0, 0.05) is 31.7 Å². The number of benzene rings is 2. The van der Waals surface area contributed by atoms with Crippen molar-refractivity contribution in [1.29, 1.82) is 0 Å². The molecular weight excluding hydrogens is 330 g/mol. The average Bonchev–Trinajstić information content (AvgIpc) is 3.09. The highest BCUT2D eigenvalue weighted by molar-refractivity contribution is 5.91. The van der Waals surface area contributed by atoms with Crippen LogP contribution in [-0.4, -0.2) is 44.3 Å². The maximum atomic E-state index is 12.3. The summed E-state index contributed by atoms with van der Waals surface area (Å²) in [7, 11) is 3.16. The molecule has 1 fully saturated rings. The number of anilines is 1. The van der Waals surface area contributed by atoms with Gasteiger partial charge in [-0.05, 0) is 24.1 Å². The molecule has 2 aromatic carbocycles. The number of rotatable bonds is 6. The van der Waals surface area contributed by atoms with E-state index in [0.717, 1.165) is 26.1 Å². The maximum absolute atomic E-state index is 12.3. The predicted molar refractivity (Wildman–Crippen MR) is 102 cm³/mol. The highest BCUT2D eigenvalue weighted by Crippen LogP contribution is 2.29. The largest absolute Gasteiger partial charge is 0.497 e. The minimum absolute atomic E-state index is 0.142. The fourth-order valence-electron chi connectivity index (χ4n) is 3.18. The van der Waals surface area contributed by atoms with Crippen LogP contribution in [0.15, 0.2) is 48.5 Å². The van der Waals surface area contributed by atoms with Gasteiger partial charge >= 0.3 is 6.03 Å². The molecule has 26 heavy (non-hydrogen) atoms. The zero-order valence-corrected chi connectivity index (χ0v) is 15.2. The van der Waals surface area contributed by atoms with Crippen molar-refractivity contribution in [3.8, 4) is 11.5 Å². The Labute approximate surface area is 154 Å². The number of urea groups is 1. The van der Waals surface area contributed by atoms with E-state index in [1.807, 2.05) is 6.07 Å². The van der Waals surface area contributed by atoms with E-state index in [0.29, 0.717) is 17.2 Å². The van der Waals surface area contributed by atoms with Crippen molar-refractivity contribution in [3.63, 3.8) is 0 Å². The summed E-state index contributed by atoms with van der Waals surface area (Å²) in [6.07, 6.45) is 0.944. The molecule has 1 heterocycles. The van der Waals surface area contributed by atoms with Crippen LogP contribution in [0.5, 0.6) is 11.5 Å². The molecule has 0 spiro atoms. The van der Waals surface area contributed by atoms with E-state index >= 15 is 0 Å². The molecule has 1 saturated heterocycles. The Morgan fingerprint density at radius 3 is 2.69 bits per heavy atom. The van der Waals surface area contributed by atoms with Crippen molar-refractivity contribution < 1.29 is 14.3 Å². The van der Waals surface area contributed by atoms with Crippen LogP contribution in [0.2, 0.25) is 0 Å². The number of hydrogen-bond donors (Lipinski definition) is 2. The van der Waals surface area contributed by atoms with Gasteiger partial charge in [-0.15, -0.1) is 0 Å². The van der Waals surface area contributed by atoms with Gasteiger partial charge in [-0.1, -0.05) is 30.3 Å². The smallest absolute Gasteiger partial charge is 0.319 e. The second-order valence-electron chi connectivity index (χ2n) is 6.37. The monoisotopic (exact) mass is 355 g/mol. The summed E-state index contributed by atoms with van der Waals surface area (Å²) in [6.45, 7) is 2.74. The fraction of sp³-hybridized carbons (Fsp3) is 0.350. The number of amides is 2. The number of ether oxygens (including phenoxy) is 2. The molecule has 1 atom stereocenters. The zero-order valence-electron chi connectivity index (χ0n) is 15.2. The van der Waals surface area contributed by atoms with E-state index in [-0.39, 0.29) is 12.1 Å². The summed E-state index contributed by atoms with van der Waals surface area (Å²) in [4.78, 5) is 14.7. The topological polar surface area (TPSA) is 62.8 Å². The molecule has 0 aromatic heterocycles. The molecule has 0 saturated carbocycles. The summed E-state index contributed by atoms with van der Waals surface area (Å²) < 4.78 is 10.5. The van der Waals surface area contributed by atoms with Crippen LogP contribution in [-0.2, 0) is 6.54 Å². The number of hydrogen-bond acceptors (Lipinski definition) is 4. The number of likely N-dealkylation sites (tertiary alicyclic amines) is 1. The van der Waals surface area contributed by atoms with Gasteiger partial charge < -0.3 is 20.1 Å². The number of methoxy groups -OCH3 is 2. The van der Waals surface area contributed by atoms with Gasteiger partial charge in [0.1, 0.15) is 11.5 Å². The summed E-state index contributed by atoms with van der Waals surface area (Å²) >= 11 is 0. The summed E-state index contributed by atoms with van der Waals surface area (Å²) in [5.41, 5.74) is 1.91. The summed E-state index contributed by atoms with van der Waals surface area (Å²) in [5, 5.41) is 5.90. The quantitative estimate of drug-likeness (QED) is 0.836. The Morgan fingerprint density at radius 1 is 1.15 bits per heavy atom. The van der Waals surface area contributed by atoms with Crippen LogP contribution in [0.4, 0.5) is 10.5 Å². The lowest BCUT2D eigenvalue weighted by molar-refractivity contribution is 0.247. The van der Waals surface area contributed by atoms with E-state index in [4.69, 9.17) is 9.47 Å². The van der Waals surface area contributed by atoms with Gasteiger partial charge in [0.25, 0.3) is 0 Å². The van der Waals surface area contributed by atoms with Gasteiger partial charge in [0.2, 0.25) is 0 Å². The molecule has 0 radical (unpaired) electrons. The molecule has 138 valence electrons. The van der Waals surface area contributed by atoms with E-state index < -0.39 is 0 Å². The number of carbonyl (C=O) groups excluding carboxylic acids is 1. The van der Waals surface area contributed by atoms with Crippen LogP contribution in [0.25, 0.3) is 0 Å². The Bertz CT molecular complexity index is 736. The molecule has 6 nitrogen and oxygen atoms in total. The Kier molecular flexibility index (Phi) is 5.96. The third-order valence-corrected chi connectivity index (χ3v) is 4.51. The van der Waals surface area contributed by atoms with Crippen molar-refractivity contribution in [2.75, 3.05) is 32.6 Å². The molecule has 1 aliphatic heterocycles. The van der Waals surface area contributed by atoms with Gasteiger partial charge in [-0.25, -0.2) is 4.79 Å². The predicted octanol–water partition coefficient (Wildman–Crippen LogP) is 3.10. The lowest BCUT2D eigenvalue weighted by Crippen LogP contribution is -2.39. The first kappa shape index (κ1) is 18.1. The standard InChI is InChI=1S/C20H25N3O3/c1-25-17-8-9-18(19(12-17)26-2)22-20(24)21-16-10-11-23(14-16)13-15-6-4-3-5-7-15/h3-9,12,16H,10-11,13-14H2,1-2H3,(H2,21,22,24). The van der Waals surface area contributed by atoms with Crippen molar-refractivity contribution in [3.05, 3.63) is 54.1 Å². The molecule has 3 rings (SSSR count). The number of nitrogens with zero attached hydrogens (tertiary/aromatic N) is 1. The third-order valence-electron chi connectivity index (χ3n) is 4.51. The zero-order chi connectivity index (χ0) is 18.4. The number of carbonyl (C=O) groups is 1. The molecule has 6 heteroatoms. The molecule has 1 aliphatic rings. The molecule has 0 bridgehead atoms. The first-order valence-electron chi connectivity index (χ1n) is 8.73. The lowest BCUT2D eigenvalue weighted by Gasteiger charge is -2.17. The summed E-state index contributed by atoms with van der Waals surface area (Å²) in [6, 6.07) is 15.6. The molecular formula is C20H25N3O3. The highest BCUT2D eigenvalue weighted by atomic mass is 16.5. The Hall–Kier alpha value is -2.73. The van der Waals surface area contributed by atoms with Crippen molar-refractivity contribution in [2.45, 2.75) is 19.0 Å². The van der Waals surface area contributed by atoms with E-state index in [9.17, 15) is 4.79 Å². The van der Waals surface area contributed by atoms with Gasteiger partial charge in [0.15, 0.2) is 0 Å². The minimum atomic E-state index is -0.222. The Balaban J connectivity index is 1.51. The summed E-state index contributed by atoms with van der Waals surface area (Å²) in [5.74, 6) is 1.25. The van der Waals surface area contributed by atoms with Crippen molar-refractivity contribution in [2.24, 2.45) is 0 Å². The van der Waals surface area contributed by atoms with E-state index in [1.54, 1.807) is 32.4 Å². The maximum Gasteiger partial charge on any atom is 0.319 e. The fourth-order valence-corrected chi connectivity index (χ4v) is 3.18. The highest BCUT2D eigenvalue weighted by Gasteiger charge is 2.24. The van der Waals surface area contributed by atoms with Gasteiger partial charge in [-0.2, -0.15) is 0 Å². The van der Waals surface area contributed by atoms with Crippen LogP contribution in [0.3, 0.4) is 0 Å². The first-order valence-corrected chi connectivity index (χ1v) is 8.73. The van der Waals surface area contributed by atoms with E-state index in [1.165, 1.54) is 5.56 Å². The van der Waals surface area contributed by atoms with Crippen molar-refractivity contribution in [1.82, 2.24) is 10.2 Å². The van der Waals surface area contributed by atoms with Gasteiger partial charge in [-0.3, -0.25) is 4.90 Å². The number of nitrogens with one attached hydrogen (secondary N) is 2. The third kappa shape index (κ3) is 4.67. The second kappa shape index (κ2) is 8.58. The normalized spacial score (nSPS) is 16.9. The van der Waals surface area contributed by atoms with E-state index in [2.05, 4.69) is 39.8 Å². The molecule has 2 N–H and O–H groups in total. The second-order valence-corrected chi connectivity index (χ2v) is 6.37. The molecule has 0 aliphatic carbocycles. The molecule has 2 amide bonds. The van der Waals surface area contributed by atoms with Crippen LogP contribution in [0.1, 0.15) is 12.0 Å². The van der Waals surface area contributed by atoms with Crippen LogP contribution >= 0.6 is 0 Å².